The van der Waals surface area contributed by atoms with Crippen molar-refractivity contribution in [2.45, 2.75) is 70.3 Å². The van der Waals surface area contributed by atoms with E-state index in [4.69, 9.17) is 18.9 Å². The maximum atomic E-state index is 6.95. The van der Waals surface area contributed by atoms with E-state index >= 15 is 0 Å². The van der Waals surface area contributed by atoms with Crippen LogP contribution in [0.1, 0.15) is 64.7 Å². The second-order valence-corrected chi connectivity index (χ2v) is 12.2. The monoisotopic (exact) mass is 493 g/mol. The highest BCUT2D eigenvalue weighted by molar-refractivity contribution is 5.74. The lowest BCUT2D eigenvalue weighted by molar-refractivity contribution is -0.0102. The SMILES string of the molecule is COC[C@H]1C(C)=C(N2CCOCC2)CC2=C1C1(OC)C3=C(OC)[C@H]4CCCCC25C3=C4CCCCC51. The standard InChI is InChI=1S/C31H43NO4/c1-19-22(18-33-2)26-23(17-24(19)32-13-15-36-16-14-32)30-12-8-7-10-21-20-9-5-6-11-25(30)31(26,35-4)28(27(20)30)29(21)34-3/h21-22,25H,5-18H2,1-4H3/t21-,22-,25?,30?,31?/m0/s1. The van der Waals surface area contributed by atoms with E-state index in [0.717, 1.165) is 39.3 Å². The Hall–Kier alpha value is -1.56. The Morgan fingerprint density at radius 2 is 1.81 bits per heavy atom. The van der Waals surface area contributed by atoms with Crippen LogP contribution >= 0.6 is 0 Å². The average Bonchev–Trinajstić information content (AvgIpc) is 3.44. The largest absolute Gasteiger partial charge is 0.500 e. The summed E-state index contributed by atoms with van der Waals surface area (Å²) < 4.78 is 25.1. The molecule has 6 bridgehead atoms. The van der Waals surface area contributed by atoms with E-state index in [9.17, 15) is 0 Å². The third-order valence-electron chi connectivity index (χ3n) is 11.2. The molecule has 5 heteroatoms. The normalized spacial score (nSPS) is 39.6. The average molecular weight is 494 g/mol. The highest BCUT2D eigenvalue weighted by atomic mass is 16.5. The predicted molar refractivity (Wildman–Crippen MR) is 139 cm³/mol. The lowest BCUT2D eigenvalue weighted by Gasteiger charge is -2.46. The van der Waals surface area contributed by atoms with Crippen LogP contribution in [0, 0.1) is 23.2 Å². The van der Waals surface area contributed by atoms with Gasteiger partial charge in [0.05, 0.1) is 26.9 Å². The molecular formula is C31H43NO4. The third-order valence-corrected chi connectivity index (χ3v) is 11.2. The molecule has 2 fully saturated rings. The molecule has 196 valence electrons. The van der Waals surface area contributed by atoms with Gasteiger partial charge in [0.15, 0.2) is 0 Å². The zero-order valence-electron chi connectivity index (χ0n) is 22.7. The Kier molecular flexibility index (Phi) is 5.54. The Labute approximate surface area is 216 Å². The Morgan fingerprint density at radius 3 is 2.56 bits per heavy atom. The van der Waals surface area contributed by atoms with Gasteiger partial charge in [-0.3, -0.25) is 0 Å². The van der Waals surface area contributed by atoms with Crippen molar-refractivity contribution in [2.24, 2.45) is 23.2 Å². The Morgan fingerprint density at radius 1 is 1.00 bits per heavy atom. The van der Waals surface area contributed by atoms with Crippen molar-refractivity contribution in [3.8, 4) is 0 Å². The number of hydrogen-bond acceptors (Lipinski definition) is 5. The number of fused-ring (bicyclic) bond motifs is 2. The van der Waals surface area contributed by atoms with Crippen molar-refractivity contribution < 1.29 is 18.9 Å². The number of ether oxygens (including phenoxy) is 4. The number of morpholine rings is 1. The lowest BCUT2D eigenvalue weighted by Crippen LogP contribution is -2.44. The lowest BCUT2D eigenvalue weighted by atomic mass is 9.61. The summed E-state index contributed by atoms with van der Waals surface area (Å²) in [5, 5.41) is 0. The highest BCUT2D eigenvalue weighted by Gasteiger charge is 2.75. The summed E-state index contributed by atoms with van der Waals surface area (Å²) in [6.45, 7) is 6.74. The first-order chi connectivity index (χ1) is 17.6. The fourth-order valence-corrected chi connectivity index (χ4v) is 10.0. The Balaban J connectivity index is 1.51. The second-order valence-electron chi connectivity index (χ2n) is 12.2. The van der Waals surface area contributed by atoms with Crippen molar-refractivity contribution in [2.75, 3.05) is 54.2 Å². The summed E-state index contributed by atoms with van der Waals surface area (Å²) in [5.41, 5.74) is 10.9. The van der Waals surface area contributed by atoms with Crippen LogP contribution in [0.25, 0.3) is 0 Å². The molecule has 1 heterocycles. The molecule has 1 saturated heterocycles. The maximum absolute atomic E-state index is 6.95. The van der Waals surface area contributed by atoms with Crippen molar-refractivity contribution in [1.29, 1.82) is 0 Å². The van der Waals surface area contributed by atoms with Crippen molar-refractivity contribution in [1.82, 2.24) is 4.90 Å². The van der Waals surface area contributed by atoms with Crippen LogP contribution in [0.5, 0.6) is 0 Å². The summed E-state index contributed by atoms with van der Waals surface area (Å²) in [5.74, 6) is 2.46. The molecule has 0 amide bonds. The number of methoxy groups -OCH3 is 3. The summed E-state index contributed by atoms with van der Waals surface area (Å²) >= 11 is 0. The Bertz CT molecular complexity index is 1090. The quantitative estimate of drug-likeness (QED) is 0.470. The van der Waals surface area contributed by atoms with Gasteiger partial charge in [0.1, 0.15) is 11.4 Å². The molecule has 1 saturated carbocycles. The van der Waals surface area contributed by atoms with Crippen LogP contribution in [0.3, 0.4) is 0 Å². The molecule has 0 radical (unpaired) electrons. The van der Waals surface area contributed by atoms with Crippen molar-refractivity contribution in [3.63, 3.8) is 0 Å². The molecule has 1 aliphatic heterocycles. The zero-order chi connectivity index (χ0) is 24.7. The van der Waals surface area contributed by atoms with Crippen molar-refractivity contribution >= 4 is 0 Å². The van der Waals surface area contributed by atoms with E-state index in [1.54, 1.807) is 28.0 Å². The zero-order valence-corrected chi connectivity index (χ0v) is 22.7. The first kappa shape index (κ1) is 23.5. The van der Waals surface area contributed by atoms with Crippen LogP contribution in [0.15, 0.2) is 44.9 Å². The fraction of sp³-hybridized carbons (Fsp3) is 0.742. The smallest absolute Gasteiger partial charge is 0.122 e. The summed E-state index contributed by atoms with van der Waals surface area (Å²) in [6, 6.07) is 0. The number of nitrogens with zero attached hydrogens (tertiary/aromatic N) is 1. The molecule has 7 rings (SSSR count). The number of allylic oxidation sites excluding steroid dienone is 2. The topological polar surface area (TPSA) is 40.2 Å². The van der Waals surface area contributed by atoms with Gasteiger partial charge >= 0.3 is 0 Å². The van der Waals surface area contributed by atoms with Gasteiger partial charge in [0.2, 0.25) is 0 Å². The molecule has 0 aromatic heterocycles. The van der Waals surface area contributed by atoms with Gasteiger partial charge in [-0.2, -0.15) is 0 Å². The minimum atomic E-state index is -0.362. The molecule has 1 spiro atoms. The summed E-state index contributed by atoms with van der Waals surface area (Å²) in [6.07, 6.45) is 11.2. The highest BCUT2D eigenvalue weighted by Crippen LogP contribution is 2.79. The van der Waals surface area contributed by atoms with E-state index in [1.807, 2.05) is 21.3 Å². The molecule has 0 N–H and O–H groups in total. The van der Waals surface area contributed by atoms with Crippen LogP contribution in [0.2, 0.25) is 0 Å². The van der Waals surface area contributed by atoms with Crippen LogP contribution < -0.4 is 0 Å². The summed E-state index contributed by atoms with van der Waals surface area (Å²) in [4.78, 5) is 2.63. The van der Waals surface area contributed by atoms with Crippen LogP contribution in [-0.2, 0) is 18.9 Å². The van der Waals surface area contributed by atoms with Gasteiger partial charge in [0, 0.05) is 68.2 Å². The number of rotatable bonds is 5. The molecule has 36 heavy (non-hydrogen) atoms. The first-order valence-electron chi connectivity index (χ1n) is 14.5. The van der Waals surface area contributed by atoms with E-state index in [1.165, 1.54) is 68.3 Å². The van der Waals surface area contributed by atoms with Gasteiger partial charge < -0.3 is 23.8 Å². The maximum Gasteiger partial charge on any atom is 0.122 e. The predicted octanol–water partition coefficient (Wildman–Crippen LogP) is 5.55. The molecule has 5 nitrogen and oxygen atoms in total. The summed E-state index contributed by atoms with van der Waals surface area (Å²) in [7, 11) is 5.78. The minimum Gasteiger partial charge on any atom is -0.500 e. The molecule has 6 aliphatic carbocycles. The van der Waals surface area contributed by atoms with Gasteiger partial charge in [-0.25, -0.2) is 0 Å². The van der Waals surface area contributed by atoms with Gasteiger partial charge in [-0.15, -0.1) is 0 Å². The van der Waals surface area contributed by atoms with E-state index in [0.29, 0.717) is 11.8 Å². The molecule has 5 atom stereocenters. The fourth-order valence-electron chi connectivity index (χ4n) is 10.0. The van der Waals surface area contributed by atoms with Crippen LogP contribution in [0.4, 0.5) is 0 Å². The molecule has 7 aliphatic rings. The van der Waals surface area contributed by atoms with Gasteiger partial charge in [-0.05, 0) is 55.7 Å². The third kappa shape index (κ3) is 2.68. The van der Waals surface area contributed by atoms with Crippen molar-refractivity contribution in [3.05, 3.63) is 44.9 Å². The second kappa shape index (κ2) is 8.47. The first-order valence-corrected chi connectivity index (χ1v) is 14.5. The van der Waals surface area contributed by atoms with Crippen LogP contribution in [-0.4, -0.2) is 64.7 Å². The van der Waals surface area contributed by atoms with Gasteiger partial charge in [-0.1, -0.05) is 30.4 Å². The molecular weight excluding hydrogens is 450 g/mol. The molecule has 0 aromatic rings. The molecule has 0 aromatic carbocycles. The van der Waals surface area contributed by atoms with E-state index in [-0.39, 0.29) is 16.9 Å². The van der Waals surface area contributed by atoms with E-state index in [2.05, 4.69) is 11.8 Å². The number of hydrogen-bond donors (Lipinski definition) is 0. The van der Waals surface area contributed by atoms with E-state index < -0.39 is 0 Å². The van der Waals surface area contributed by atoms with Gasteiger partial charge in [0.25, 0.3) is 0 Å². The minimum absolute atomic E-state index is 0.111. The molecule has 3 unspecified atom stereocenters.